The molecule has 2 fully saturated rings. The minimum atomic E-state index is -0.334. The summed E-state index contributed by atoms with van der Waals surface area (Å²) < 4.78 is 12.8. The molecule has 1 atom stereocenters. The van der Waals surface area contributed by atoms with Crippen LogP contribution in [0.4, 0.5) is 5.82 Å². The van der Waals surface area contributed by atoms with Gasteiger partial charge in [-0.2, -0.15) is 0 Å². The van der Waals surface area contributed by atoms with Gasteiger partial charge in [-0.1, -0.05) is 0 Å². The fraction of sp³-hybridized carbons (Fsp3) is 0.643. The molecule has 2 aliphatic heterocycles. The highest BCUT2D eigenvalue weighted by atomic mass is 79.9. The zero-order valence-corrected chi connectivity index (χ0v) is 12.9. The Morgan fingerprint density at radius 2 is 2.16 bits per heavy atom. The molecule has 0 saturated carbocycles. The molecule has 3 heterocycles. The van der Waals surface area contributed by atoms with Crippen LogP contribution in [0.15, 0.2) is 16.7 Å². The standard InChI is InChI=1S/C14H19BrN2O2/c1-10-7-12(15)8-16-13(10)17-5-3-14(4-6-17)18-9-11(2)19-14/h7-8,11H,3-6,9H2,1-2H3/t11-/m1/s1. The highest BCUT2D eigenvalue weighted by molar-refractivity contribution is 9.10. The van der Waals surface area contributed by atoms with Gasteiger partial charge in [-0.15, -0.1) is 0 Å². The number of aryl methyl sites for hydroxylation is 1. The van der Waals surface area contributed by atoms with E-state index in [9.17, 15) is 0 Å². The number of anilines is 1. The second kappa shape index (κ2) is 5.04. The van der Waals surface area contributed by atoms with Gasteiger partial charge in [0.25, 0.3) is 0 Å². The van der Waals surface area contributed by atoms with Crippen LogP contribution in [-0.2, 0) is 9.47 Å². The van der Waals surface area contributed by atoms with Gasteiger partial charge in [0.1, 0.15) is 5.82 Å². The van der Waals surface area contributed by atoms with Crippen LogP contribution in [0.5, 0.6) is 0 Å². The molecule has 4 nitrogen and oxygen atoms in total. The maximum Gasteiger partial charge on any atom is 0.172 e. The largest absolute Gasteiger partial charge is 0.356 e. The Morgan fingerprint density at radius 1 is 1.42 bits per heavy atom. The summed E-state index contributed by atoms with van der Waals surface area (Å²) in [7, 11) is 0. The number of halogens is 1. The number of aromatic nitrogens is 1. The molecule has 0 amide bonds. The van der Waals surface area contributed by atoms with E-state index in [4.69, 9.17) is 9.47 Å². The minimum Gasteiger partial charge on any atom is -0.356 e. The molecule has 3 rings (SSSR count). The van der Waals surface area contributed by atoms with Gasteiger partial charge in [0.15, 0.2) is 5.79 Å². The number of nitrogens with zero attached hydrogens (tertiary/aromatic N) is 2. The Kier molecular flexibility index (Phi) is 3.53. The average molecular weight is 327 g/mol. The highest BCUT2D eigenvalue weighted by Gasteiger charge is 2.42. The number of rotatable bonds is 1. The van der Waals surface area contributed by atoms with E-state index in [1.54, 1.807) is 0 Å². The third-order valence-electron chi connectivity index (χ3n) is 3.84. The van der Waals surface area contributed by atoms with E-state index in [1.807, 2.05) is 6.20 Å². The molecule has 1 aromatic heterocycles. The predicted molar refractivity (Wildman–Crippen MR) is 77.4 cm³/mol. The third-order valence-corrected chi connectivity index (χ3v) is 4.27. The second-order valence-electron chi connectivity index (χ2n) is 5.43. The fourth-order valence-electron chi connectivity index (χ4n) is 2.89. The van der Waals surface area contributed by atoms with Crippen molar-refractivity contribution < 1.29 is 9.47 Å². The average Bonchev–Trinajstić information content (AvgIpc) is 2.73. The van der Waals surface area contributed by atoms with Crippen LogP contribution in [0.3, 0.4) is 0 Å². The number of piperidine rings is 1. The Bertz CT molecular complexity index is 473. The van der Waals surface area contributed by atoms with E-state index in [1.165, 1.54) is 5.56 Å². The lowest BCUT2D eigenvalue weighted by Gasteiger charge is -2.38. The molecule has 0 aromatic carbocycles. The minimum absolute atomic E-state index is 0.221. The molecule has 0 unspecified atom stereocenters. The first kappa shape index (κ1) is 13.3. The van der Waals surface area contributed by atoms with Crippen molar-refractivity contribution in [3.8, 4) is 0 Å². The lowest BCUT2D eigenvalue weighted by Crippen LogP contribution is -2.45. The summed E-state index contributed by atoms with van der Waals surface area (Å²) in [6.45, 7) is 6.75. The molecule has 0 bridgehead atoms. The summed E-state index contributed by atoms with van der Waals surface area (Å²) in [5, 5.41) is 0. The van der Waals surface area contributed by atoms with Crippen molar-refractivity contribution in [2.45, 2.75) is 38.6 Å². The zero-order chi connectivity index (χ0) is 13.5. The monoisotopic (exact) mass is 326 g/mol. The number of hydrogen-bond donors (Lipinski definition) is 0. The zero-order valence-electron chi connectivity index (χ0n) is 11.4. The van der Waals surface area contributed by atoms with Gasteiger partial charge in [0, 0.05) is 36.6 Å². The van der Waals surface area contributed by atoms with Crippen LogP contribution < -0.4 is 4.90 Å². The van der Waals surface area contributed by atoms with E-state index in [0.29, 0.717) is 0 Å². The summed E-state index contributed by atoms with van der Waals surface area (Å²) in [4.78, 5) is 6.85. The maximum absolute atomic E-state index is 5.95. The smallest absolute Gasteiger partial charge is 0.172 e. The van der Waals surface area contributed by atoms with Crippen LogP contribution in [0.2, 0.25) is 0 Å². The molecule has 2 saturated heterocycles. The van der Waals surface area contributed by atoms with Gasteiger partial charge in [0.2, 0.25) is 0 Å². The first-order chi connectivity index (χ1) is 9.08. The summed E-state index contributed by atoms with van der Waals surface area (Å²) in [6.07, 6.45) is 3.90. The Balaban J connectivity index is 1.70. The van der Waals surface area contributed by atoms with Gasteiger partial charge in [-0.05, 0) is 41.4 Å². The van der Waals surface area contributed by atoms with Gasteiger partial charge in [-0.3, -0.25) is 0 Å². The van der Waals surface area contributed by atoms with Gasteiger partial charge < -0.3 is 14.4 Å². The molecular weight excluding hydrogens is 308 g/mol. The first-order valence-corrected chi connectivity index (χ1v) is 7.56. The number of pyridine rings is 1. The van der Waals surface area contributed by atoms with Gasteiger partial charge >= 0.3 is 0 Å². The van der Waals surface area contributed by atoms with Crippen LogP contribution >= 0.6 is 15.9 Å². The van der Waals surface area contributed by atoms with Crippen molar-refractivity contribution in [3.05, 3.63) is 22.3 Å². The van der Waals surface area contributed by atoms with Crippen LogP contribution in [0, 0.1) is 6.92 Å². The Hall–Kier alpha value is -0.650. The van der Waals surface area contributed by atoms with Gasteiger partial charge in [0.05, 0.1) is 12.7 Å². The van der Waals surface area contributed by atoms with Crippen molar-refractivity contribution in [1.29, 1.82) is 0 Å². The summed E-state index contributed by atoms with van der Waals surface area (Å²) in [6, 6.07) is 2.11. The molecule has 5 heteroatoms. The van der Waals surface area contributed by atoms with Crippen LogP contribution in [0.25, 0.3) is 0 Å². The van der Waals surface area contributed by atoms with Crippen molar-refractivity contribution in [2.24, 2.45) is 0 Å². The molecule has 0 radical (unpaired) electrons. The SMILES string of the molecule is Cc1cc(Br)cnc1N1CCC2(CC1)OC[C@@H](C)O2. The van der Waals surface area contributed by atoms with Gasteiger partial charge in [-0.25, -0.2) is 4.98 Å². The van der Waals surface area contributed by atoms with Crippen molar-refractivity contribution in [1.82, 2.24) is 4.98 Å². The Labute approximate surface area is 122 Å². The first-order valence-electron chi connectivity index (χ1n) is 6.77. The molecule has 104 valence electrons. The molecule has 0 N–H and O–H groups in total. The number of ether oxygens (including phenoxy) is 2. The lowest BCUT2D eigenvalue weighted by atomic mass is 10.0. The van der Waals surface area contributed by atoms with E-state index in [0.717, 1.165) is 42.8 Å². The van der Waals surface area contributed by atoms with E-state index < -0.39 is 0 Å². The molecule has 1 spiro atoms. The van der Waals surface area contributed by atoms with E-state index in [2.05, 4.69) is 45.7 Å². The predicted octanol–water partition coefficient (Wildman–Crippen LogP) is 2.88. The summed E-state index contributed by atoms with van der Waals surface area (Å²) in [5.74, 6) is 0.739. The van der Waals surface area contributed by atoms with E-state index in [-0.39, 0.29) is 11.9 Å². The fourth-order valence-corrected chi connectivity index (χ4v) is 3.34. The van der Waals surface area contributed by atoms with Crippen molar-refractivity contribution in [2.75, 3.05) is 24.6 Å². The highest BCUT2D eigenvalue weighted by Crippen LogP contribution is 2.35. The maximum atomic E-state index is 5.95. The lowest BCUT2D eigenvalue weighted by molar-refractivity contribution is -0.178. The van der Waals surface area contributed by atoms with Crippen LogP contribution in [-0.4, -0.2) is 36.6 Å². The van der Waals surface area contributed by atoms with Crippen molar-refractivity contribution >= 4 is 21.7 Å². The molecule has 0 aliphatic carbocycles. The number of hydrogen-bond acceptors (Lipinski definition) is 4. The molecule has 1 aromatic rings. The van der Waals surface area contributed by atoms with Crippen molar-refractivity contribution in [3.63, 3.8) is 0 Å². The quantitative estimate of drug-likeness (QED) is 0.794. The summed E-state index contributed by atoms with van der Waals surface area (Å²) in [5.41, 5.74) is 1.20. The second-order valence-corrected chi connectivity index (χ2v) is 6.35. The molecule has 19 heavy (non-hydrogen) atoms. The molecular formula is C14H19BrN2O2. The third kappa shape index (κ3) is 2.64. The Morgan fingerprint density at radius 3 is 2.74 bits per heavy atom. The normalized spacial score (nSPS) is 26.1. The topological polar surface area (TPSA) is 34.6 Å². The van der Waals surface area contributed by atoms with E-state index >= 15 is 0 Å². The van der Waals surface area contributed by atoms with Crippen LogP contribution in [0.1, 0.15) is 25.3 Å². The molecule has 2 aliphatic rings. The summed E-state index contributed by atoms with van der Waals surface area (Å²) >= 11 is 3.45.